The Labute approximate surface area is 155 Å². The van der Waals surface area contributed by atoms with Crippen molar-refractivity contribution in [1.82, 2.24) is 9.88 Å². The number of hydrogen-bond donors (Lipinski definition) is 0. The Morgan fingerprint density at radius 2 is 1.92 bits per heavy atom. The lowest BCUT2D eigenvalue weighted by molar-refractivity contribution is 0.246. The second kappa shape index (κ2) is 7.25. The summed E-state index contributed by atoms with van der Waals surface area (Å²) in [4.78, 5) is 9.25. The minimum Gasteiger partial charge on any atom is -0.362 e. The summed E-state index contributed by atoms with van der Waals surface area (Å²) in [6.07, 6.45) is 7.45. The van der Waals surface area contributed by atoms with E-state index in [1.807, 2.05) is 6.07 Å². The van der Waals surface area contributed by atoms with Crippen LogP contribution in [0.4, 0.5) is 5.69 Å². The Balaban J connectivity index is 1.84. The molecule has 1 aromatic heterocycles. The highest BCUT2D eigenvalue weighted by Crippen LogP contribution is 2.36. The summed E-state index contributed by atoms with van der Waals surface area (Å²) >= 11 is 6.03. The largest absolute Gasteiger partial charge is 0.362 e. The summed E-state index contributed by atoms with van der Waals surface area (Å²) in [5.74, 6) is 0.726. The van der Waals surface area contributed by atoms with Crippen molar-refractivity contribution < 1.29 is 8.42 Å². The lowest BCUT2D eigenvalue weighted by atomic mass is 9.84. The fraction of sp³-hybridized carbons (Fsp3) is 0.611. The van der Waals surface area contributed by atoms with Crippen LogP contribution in [0.15, 0.2) is 17.0 Å². The molecular weight excluding hydrogens is 358 g/mol. The summed E-state index contributed by atoms with van der Waals surface area (Å²) in [5.41, 5.74) is 1.66. The maximum atomic E-state index is 12.1. The minimum atomic E-state index is -3.25. The quantitative estimate of drug-likeness (QED) is 0.748. The molecule has 0 aromatic carbocycles. The van der Waals surface area contributed by atoms with Crippen molar-refractivity contribution >= 4 is 33.2 Å². The molecule has 0 atom stereocenters. The summed E-state index contributed by atoms with van der Waals surface area (Å²) in [7, 11) is 0.983. The van der Waals surface area contributed by atoms with Crippen molar-refractivity contribution in [3.05, 3.63) is 27.9 Å². The van der Waals surface area contributed by atoms with Crippen LogP contribution in [-0.4, -0.2) is 57.8 Å². The topological polar surface area (TPSA) is 53.5 Å². The van der Waals surface area contributed by atoms with E-state index in [-0.39, 0.29) is 0 Å². The molecule has 0 amide bonds. The van der Waals surface area contributed by atoms with Crippen LogP contribution in [-0.2, 0) is 9.84 Å². The molecule has 1 aliphatic carbocycles. The second-order valence-electron chi connectivity index (χ2n) is 7.49. The summed E-state index contributed by atoms with van der Waals surface area (Å²) in [5, 5.41) is 0.388. The first-order valence-corrected chi connectivity index (χ1v) is 11.0. The molecule has 2 heterocycles. The number of rotatable bonds is 4. The third kappa shape index (κ3) is 4.36. The number of anilines is 1. The summed E-state index contributed by atoms with van der Waals surface area (Å²) in [6, 6.07) is 4.10. The standard InChI is InChI=1S/C18H26ClN3O2S/c1-21(2)11-13-4-6-14(7-5-13)22-12-15(25(3,23)24)10-16-17(22)8-9-18(19)20-16/h8-10,13-14H,4-7,11-12H2,1-3H3. The molecular formula is C18H26ClN3O2S. The van der Waals surface area contributed by atoms with Gasteiger partial charge in [-0.05, 0) is 63.9 Å². The first kappa shape index (κ1) is 18.7. The molecule has 1 fully saturated rings. The van der Waals surface area contributed by atoms with Crippen LogP contribution in [0.3, 0.4) is 0 Å². The number of fused-ring (bicyclic) bond motifs is 1. The predicted octanol–water partition coefficient (Wildman–Crippen LogP) is 3.06. The molecule has 3 rings (SSSR count). The Morgan fingerprint density at radius 1 is 1.24 bits per heavy atom. The normalized spacial score (nSPS) is 24.2. The van der Waals surface area contributed by atoms with Crippen molar-refractivity contribution in [3.63, 3.8) is 0 Å². The third-order valence-electron chi connectivity index (χ3n) is 5.16. The van der Waals surface area contributed by atoms with Gasteiger partial charge in [0, 0.05) is 18.8 Å². The Morgan fingerprint density at radius 3 is 2.52 bits per heavy atom. The fourth-order valence-corrected chi connectivity index (χ4v) is 4.80. The van der Waals surface area contributed by atoms with Gasteiger partial charge in [-0.3, -0.25) is 0 Å². The summed E-state index contributed by atoms with van der Waals surface area (Å²) < 4.78 is 24.2. The first-order chi connectivity index (χ1) is 11.7. The highest BCUT2D eigenvalue weighted by atomic mass is 35.5. The van der Waals surface area contributed by atoms with E-state index in [2.05, 4.69) is 28.9 Å². The van der Waals surface area contributed by atoms with Crippen LogP contribution < -0.4 is 4.90 Å². The monoisotopic (exact) mass is 383 g/mol. The van der Waals surface area contributed by atoms with E-state index in [0.29, 0.717) is 28.3 Å². The van der Waals surface area contributed by atoms with Crippen molar-refractivity contribution in [3.8, 4) is 0 Å². The fourth-order valence-electron chi connectivity index (χ4n) is 3.95. The van der Waals surface area contributed by atoms with E-state index in [9.17, 15) is 8.42 Å². The van der Waals surface area contributed by atoms with Gasteiger partial charge in [-0.15, -0.1) is 0 Å². The van der Waals surface area contributed by atoms with E-state index < -0.39 is 9.84 Å². The maximum absolute atomic E-state index is 12.1. The molecule has 0 unspecified atom stereocenters. The lowest BCUT2D eigenvalue weighted by Crippen LogP contribution is -2.43. The van der Waals surface area contributed by atoms with Crippen LogP contribution in [0.1, 0.15) is 31.4 Å². The van der Waals surface area contributed by atoms with Crippen molar-refractivity contribution in [2.75, 3.05) is 38.3 Å². The van der Waals surface area contributed by atoms with E-state index in [0.717, 1.165) is 31.0 Å². The molecule has 0 N–H and O–H groups in total. The number of nitrogens with zero attached hydrogens (tertiary/aromatic N) is 3. The van der Waals surface area contributed by atoms with Gasteiger partial charge in [0.2, 0.25) is 0 Å². The van der Waals surface area contributed by atoms with Crippen molar-refractivity contribution in [1.29, 1.82) is 0 Å². The third-order valence-corrected chi connectivity index (χ3v) is 6.57. The molecule has 5 nitrogen and oxygen atoms in total. The van der Waals surface area contributed by atoms with Gasteiger partial charge in [0.1, 0.15) is 5.15 Å². The number of hydrogen-bond acceptors (Lipinski definition) is 5. The molecule has 0 bridgehead atoms. The van der Waals surface area contributed by atoms with Gasteiger partial charge in [0.25, 0.3) is 0 Å². The zero-order valence-electron chi connectivity index (χ0n) is 15.1. The molecule has 25 heavy (non-hydrogen) atoms. The average molecular weight is 384 g/mol. The molecule has 2 aliphatic rings. The van der Waals surface area contributed by atoms with Gasteiger partial charge < -0.3 is 9.80 Å². The predicted molar refractivity (Wildman–Crippen MR) is 104 cm³/mol. The smallest absolute Gasteiger partial charge is 0.173 e. The Kier molecular flexibility index (Phi) is 5.42. The highest BCUT2D eigenvalue weighted by Gasteiger charge is 2.32. The van der Waals surface area contributed by atoms with Crippen LogP contribution >= 0.6 is 11.6 Å². The van der Waals surface area contributed by atoms with E-state index in [1.165, 1.54) is 19.1 Å². The molecule has 1 aromatic rings. The van der Waals surface area contributed by atoms with Crippen LogP contribution in [0.25, 0.3) is 6.08 Å². The Hall–Kier alpha value is -1.11. The molecule has 138 valence electrons. The zero-order chi connectivity index (χ0) is 18.2. The van der Waals surface area contributed by atoms with Gasteiger partial charge in [0.05, 0.1) is 22.8 Å². The SMILES string of the molecule is CN(C)CC1CCC(N2CC(S(C)(=O)=O)=Cc3nc(Cl)ccc32)CC1. The molecule has 0 spiro atoms. The van der Waals surface area contributed by atoms with E-state index in [4.69, 9.17) is 11.6 Å². The maximum Gasteiger partial charge on any atom is 0.173 e. The van der Waals surface area contributed by atoms with Crippen molar-refractivity contribution in [2.45, 2.75) is 31.7 Å². The number of sulfone groups is 1. The molecule has 1 aliphatic heterocycles. The second-order valence-corrected chi connectivity index (χ2v) is 9.94. The average Bonchev–Trinajstić information content (AvgIpc) is 2.53. The number of aromatic nitrogens is 1. The molecule has 7 heteroatoms. The van der Waals surface area contributed by atoms with Gasteiger partial charge in [-0.25, -0.2) is 13.4 Å². The Bertz CT molecular complexity index is 769. The molecule has 0 saturated heterocycles. The van der Waals surface area contributed by atoms with Crippen molar-refractivity contribution in [2.24, 2.45) is 5.92 Å². The van der Waals surface area contributed by atoms with Gasteiger partial charge in [-0.1, -0.05) is 11.6 Å². The van der Waals surface area contributed by atoms with Crippen LogP contribution in [0.5, 0.6) is 0 Å². The molecule has 0 radical (unpaired) electrons. The number of halogens is 1. The number of pyridine rings is 1. The van der Waals surface area contributed by atoms with Gasteiger partial charge in [0.15, 0.2) is 9.84 Å². The highest BCUT2D eigenvalue weighted by molar-refractivity contribution is 7.94. The lowest BCUT2D eigenvalue weighted by Gasteiger charge is -2.41. The first-order valence-electron chi connectivity index (χ1n) is 8.72. The minimum absolute atomic E-state index is 0.352. The van der Waals surface area contributed by atoms with Gasteiger partial charge in [-0.2, -0.15) is 0 Å². The van der Waals surface area contributed by atoms with Crippen LogP contribution in [0, 0.1) is 5.92 Å². The van der Waals surface area contributed by atoms with E-state index >= 15 is 0 Å². The van der Waals surface area contributed by atoms with Crippen LogP contribution in [0.2, 0.25) is 5.15 Å². The van der Waals surface area contributed by atoms with Gasteiger partial charge >= 0.3 is 0 Å². The van der Waals surface area contributed by atoms with E-state index in [1.54, 1.807) is 12.1 Å². The summed E-state index contributed by atoms with van der Waals surface area (Å²) in [6.45, 7) is 1.55. The zero-order valence-corrected chi connectivity index (χ0v) is 16.6. The molecule has 1 saturated carbocycles.